The van der Waals surface area contributed by atoms with Crippen molar-refractivity contribution in [2.75, 3.05) is 14.1 Å². The quantitative estimate of drug-likeness (QED) is 0.243. The number of aliphatic hydroxyl groups excluding tert-OH is 3. The Labute approximate surface area is 237 Å². The number of nitrogens with one attached hydrogen (secondary N) is 1. The van der Waals surface area contributed by atoms with Crippen LogP contribution in [0.3, 0.4) is 0 Å². The van der Waals surface area contributed by atoms with Gasteiger partial charge < -0.3 is 36.6 Å². The normalized spacial score (nSPS) is 29.7. The number of nitrogens with two attached hydrogens (primary N) is 1. The first kappa shape index (κ1) is 30.2. The minimum atomic E-state index is -2.97. The molecule has 0 saturated heterocycles. The number of fused-ring (bicyclic) bond motifs is 3. The number of hydrogen-bond acceptors (Lipinski definition) is 10. The van der Waals surface area contributed by atoms with Crippen molar-refractivity contribution >= 4 is 23.4 Å². The van der Waals surface area contributed by atoms with Gasteiger partial charge in [0.2, 0.25) is 11.7 Å². The maximum atomic E-state index is 13.9. The third-order valence-corrected chi connectivity index (χ3v) is 8.35. The molecule has 3 aliphatic rings. The van der Waals surface area contributed by atoms with Crippen LogP contribution in [0.15, 0.2) is 34.8 Å². The first-order valence-corrected chi connectivity index (χ1v) is 13.3. The van der Waals surface area contributed by atoms with E-state index in [1.807, 2.05) is 20.8 Å². The van der Waals surface area contributed by atoms with Gasteiger partial charge in [-0.3, -0.25) is 24.1 Å². The van der Waals surface area contributed by atoms with Gasteiger partial charge in [-0.05, 0) is 58.3 Å². The number of hydrogen-bond donors (Lipinski definition) is 7. The molecule has 0 aliphatic heterocycles. The zero-order valence-corrected chi connectivity index (χ0v) is 23.8. The molecule has 2 amide bonds. The maximum Gasteiger partial charge on any atom is 0.255 e. The van der Waals surface area contributed by atoms with Crippen LogP contribution in [0.5, 0.6) is 5.75 Å². The summed E-state index contributed by atoms with van der Waals surface area (Å²) in [6.45, 7) is 7.15. The summed E-state index contributed by atoms with van der Waals surface area (Å²) in [5.41, 5.74) is 0.962. The smallest absolute Gasteiger partial charge is 0.255 e. The van der Waals surface area contributed by atoms with Gasteiger partial charge in [0, 0.05) is 23.5 Å². The Balaban J connectivity index is 1.86. The molecule has 0 heterocycles. The van der Waals surface area contributed by atoms with Gasteiger partial charge in [0.1, 0.15) is 22.8 Å². The maximum absolute atomic E-state index is 13.9. The third-order valence-electron chi connectivity index (χ3n) is 8.35. The van der Waals surface area contributed by atoms with Gasteiger partial charge in [-0.1, -0.05) is 19.1 Å². The summed E-state index contributed by atoms with van der Waals surface area (Å²) in [4.78, 5) is 53.2. The number of amides is 2. The first-order valence-electron chi connectivity index (χ1n) is 13.3. The van der Waals surface area contributed by atoms with Crippen molar-refractivity contribution in [3.05, 3.63) is 51.5 Å². The van der Waals surface area contributed by atoms with E-state index in [-0.39, 0.29) is 24.3 Å². The lowest BCUT2D eigenvalue weighted by atomic mass is 9.55. The molecule has 1 aromatic rings. The largest absolute Gasteiger partial charge is 0.510 e. The molecule has 12 nitrogen and oxygen atoms in total. The molecule has 41 heavy (non-hydrogen) atoms. The van der Waals surface area contributed by atoms with Crippen molar-refractivity contribution in [2.45, 2.75) is 69.7 Å². The molecular formula is C29H37N3O9. The summed E-state index contributed by atoms with van der Waals surface area (Å²) in [6.07, 6.45) is -1.54. The van der Waals surface area contributed by atoms with Crippen LogP contribution in [-0.4, -0.2) is 91.2 Å². The molecule has 4 rings (SSSR count). The average Bonchev–Trinajstić information content (AvgIpc) is 2.84. The van der Waals surface area contributed by atoms with Crippen LogP contribution in [0, 0.1) is 11.8 Å². The van der Waals surface area contributed by atoms with E-state index in [1.165, 1.54) is 19.0 Å². The molecule has 0 aromatic heterocycles. The van der Waals surface area contributed by atoms with Gasteiger partial charge in [0.05, 0.1) is 23.6 Å². The molecule has 3 aliphatic carbocycles. The Morgan fingerprint density at radius 1 is 1.12 bits per heavy atom. The molecule has 0 unspecified atom stereocenters. The molecule has 0 saturated carbocycles. The van der Waals surface area contributed by atoms with E-state index in [4.69, 9.17) is 5.73 Å². The Morgan fingerprint density at radius 3 is 2.27 bits per heavy atom. The zero-order chi connectivity index (χ0) is 30.9. The second kappa shape index (κ2) is 9.97. The summed E-state index contributed by atoms with van der Waals surface area (Å²) in [6, 6.07) is 1.87. The number of Topliss-reactive ketones (excluding diaryl/α,β-unsaturated/α-hetero) is 2. The predicted molar refractivity (Wildman–Crippen MR) is 146 cm³/mol. The van der Waals surface area contributed by atoms with E-state index < -0.39 is 86.9 Å². The molecule has 222 valence electrons. The van der Waals surface area contributed by atoms with Crippen LogP contribution in [0.4, 0.5) is 0 Å². The van der Waals surface area contributed by atoms with E-state index in [2.05, 4.69) is 5.32 Å². The number of carbonyl (C=O) groups is 4. The van der Waals surface area contributed by atoms with Crippen LogP contribution < -0.4 is 11.1 Å². The number of benzene rings is 1. The summed E-state index contributed by atoms with van der Waals surface area (Å²) >= 11 is 0. The van der Waals surface area contributed by atoms with Gasteiger partial charge in [-0.15, -0.1) is 0 Å². The minimum absolute atomic E-state index is 0.0240. The average molecular weight is 572 g/mol. The standard InChI is InChI=1S/C29H37N3O9/c1-11-13-9-7-12(8-10-14(33)31-28(2,3)4)21(34)16(13)22(35)17-15(11)23(36)19-20(32(5)6)24(37)18(27(30)40)26(39)29(19,41)25(17)38/h7,9,11,15,19-20,23,34,36-38,41H,8,10H2,1-6H3,(H2,30,40)(H,31,33)/t11-,15+,19+,20-,23-,29-/m0/s1. The van der Waals surface area contributed by atoms with E-state index in [1.54, 1.807) is 19.1 Å². The van der Waals surface area contributed by atoms with Gasteiger partial charge in [0.15, 0.2) is 11.4 Å². The highest BCUT2D eigenvalue weighted by molar-refractivity contribution is 6.25. The Bertz CT molecular complexity index is 1420. The Kier molecular flexibility index (Phi) is 7.35. The fraction of sp³-hybridized carbons (Fsp3) is 0.517. The van der Waals surface area contributed by atoms with Crippen LogP contribution in [-0.2, 0) is 20.8 Å². The monoisotopic (exact) mass is 571 g/mol. The molecule has 12 heteroatoms. The van der Waals surface area contributed by atoms with E-state index >= 15 is 0 Å². The van der Waals surface area contributed by atoms with Crippen LogP contribution in [0.1, 0.15) is 61.5 Å². The van der Waals surface area contributed by atoms with Crippen molar-refractivity contribution in [3.63, 3.8) is 0 Å². The molecule has 8 N–H and O–H groups in total. The lowest BCUT2D eigenvalue weighted by Gasteiger charge is -2.53. The lowest BCUT2D eigenvalue weighted by molar-refractivity contribution is -0.162. The number of ketones is 2. The number of carbonyl (C=O) groups excluding carboxylic acids is 4. The van der Waals surface area contributed by atoms with Crippen molar-refractivity contribution < 1.29 is 44.7 Å². The van der Waals surface area contributed by atoms with Crippen molar-refractivity contribution in [1.29, 1.82) is 0 Å². The fourth-order valence-electron chi connectivity index (χ4n) is 6.60. The van der Waals surface area contributed by atoms with Crippen molar-refractivity contribution in [2.24, 2.45) is 17.6 Å². The fourth-order valence-corrected chi connectivity index (χ4v) is 6.60. The number of primary amides is 1. The molecular weight excluding hydrogens is 534 g/mol. The molecule has 0 radical (unpaired) electrons. The van der Waals surface area contributed by atoms with Crippen molar-refractivity contribution in [3.8, 4) is 5.75 Å². The number of aryl methyl sites for hydroxylation is 1. The Morgan fingerprint density at radius 2 is 1.73 bits per heavy atom. The van der Waals surface area contributed by atoms with Gasteiger partial charge in [-0.25, -0.2) is 0 Å². The van der Waals surface area contributed by atoms with Crippen LogP contribution in [0.25, 0.3) is 0 Å². The minimum Gasteiger partial charge on any atom is -0.510 e. The van der Waals surface area contributed by atoms with Gasteiger partial charge in [0.25, 0.3) is 5.91 Å². The number of likely N-dealkylation sites (N-methyl/N-ethyl adjacent to an activating group) is 1. The third kappa shape index (κ3) is 4.50. The molecule has 1 aromatic carbocycles. The molecule has 0 spiro atoms. The summed E-state index contributed by atoms with van der Waals surface area (Å²) in [5.74, 6) is -9.64. The first-order chi connectivity index (χ1) is 18.9. The van der Waals surface area contributed by atoms with Gasteiger partial charge in [-0.2, -0.15) is 0 Å². The molecule has 0 bridgehead atoms. The molecule has 0 fully saturated rings. The number of rotatable bonds is 5. The summed E-state index contributed by atoms with van der Waals surface area (Å²) < 4.78 is 0. The number of aliphatic hydroxyl groups is 4. The topological polar surface area (TPSA) is 211 Å². The highest BCUT2D eigenvalue weighted by Crippen LogP contribution is 2.55. The summed E-state index contributed by atoms with van der Waals surface area (Å²) in [7, 11) is 2.95. The molecule has 6 atom stereocenters. The summed E-state index contributed by atoms with van der Waals surface area (Å²) in [5, 5.41) is 59.7. The van der Waals surface area contributed by atoms with Crippen LogP contribution in [0.2, 0.25) is 0 Å². The number of aromatic hydroxyl groups is 1. The van der Waals surface area contributed by atoms with Gasteiger partial charge >= 0.3 is 0 Å². The van der Waals surface area contributed by atoms with E-state index in [0.717, 1.165) is 0 Å². The second-order valence-electron chi connectivity index (χ2n) is 12.4. The van der Waals surface area contributed by atoms with E-state index in [0.29, 0.717) is 11.1 Å². The van der Waals surface area contributed by atoms with Crippen LogP contribution >= 0.6 is 0 Å². The lowest BCUT2D eigenvalue weighted by Crippen LogP contribution is -2.68. The number of phenols is 1. The van der Waals surface area contributed by atoms with Crippen molar-refractivity contribution in [1.82, 2.24) is 10.2 Å². The second-order valence-corrected chi connectivity index (χ2v) is 12.4. The highest BCUT2D eigenvalue weighted by Gasteiger charge is 2.67. The predicted octanol–water partition coefficient (Wildman–Crippen LogP) is 0.500. The zero-order valence-electron chi connectivity index (χ0n) is 23.8. The highest BCUT2D eigenvalue weighted by atomic mass is 16.4. The number of phenolic OH excluding ortho intramolecular Hbond substituents is 1. The van der Waals surface area contributed by atoms with E-state index in [9.17, 15) is 44.7 Å². The SMILES string of the molecule is C[C@H]1c2ccc(CCC(=O)NC(C)(C)C)c(O)c2C(=O)C2=C(O)[C@]3(O)C(=O)C(C(N)=O)=C(O)[C@@H](N(C)C)[C@@H]3[C@@H](O)[C@@H]21. The Hall–Kier alpha value is -3.74. The number of nitrogens with zero attached hydrogens (tertiary/aromatic N) is 1.